The van der Waals surface area contributed by atoms with Crippen molar-refractivity contribution in [2.24, 2.45) is 0 Å². The molecular formula is C30H28N3O2+. The molecule has 2 heterocycles. The predicted octanol–water partition coefficient (Wildman–Crippen LogP) is 6.15. The molecule has 5 rings (SSSR count). The highest BCUT2D eigenvalue weighted by Gasteiger charge is 2.24. The van der Waals surface area contributed by atoms with Crippen LogP contribution in [0.2, 0.25) is 0 Å². The van der Waals surface area contributed by atoms with Gasteiger partial charge in [0.2, 0.25) is 0 Å². The average molecular weight is 463 g/mol. The maximum absolute atomic E-state index is 11.3. The molecule has 0 radical (unpaired) electrons. The molecule has 0 bridgehead atoms. The topological polar surface area (TPSA) is 68.5 Å². The molecule has 3 aromatic carbocycles. The smallest absolute Gasteiger partial charge is 0.273 e. The largest absolute Gasteiger partial charge is 0.505 e. The maximum atomic E-state index is 11.3. The minimum Gasteiger partial charge on any atom is -0.505 e. The summed E-state index contributed by atoms with van der Waals surface area (Å²) in [5.74, 6) is 1.83. The summed E-state index contributed by atoms with van der Waals surface area (Å²) >= 11 is 0. The van der Waals surface area contributed by atoms with Gasteiger partial charge in [-0.05, 0) is 49.7 Å². The first-order chi connectivity index (χ1) is 17.1. The number of fused-ring (bicyclic) bond motifs is 1. The van der Waals surface area contributed by atoms with E-state index in [1.807, 2.05) is 111 Å². The summed E-state index contributed by atoms with van der Waals surface area (Å²) in [5, 5.41) is 15.7. The first-order valence-electron chi connectivity index (χ1n) is 11.7. The number of ether oxygens (including phenoxy) is 1. The molecule has 0 fully saturated rings. The predicted molar refractivity (Wildman–Crippen MR) is 139 cm³/mol. The van der Waals surface area contributed by atoms with E-state index in [4.69, 9.17) is 4.74 Å². The lowest BCUT2D eigenvalue weighted by Crippen LogP contribution is -2.20. The highest BCUT2D eigenvalue weighted by molar-refractivity contribution is 5.86. The summed E-state index contributed by atoms with van der Waals surface area (Å²) < 4.78 is 5.98. The van der Waals surface area contributed by atoms with Gasteiger partial charge in [-0.1, -0.05) is 60.7 Å². The van der Waals surface area contributed by atoms with Gasteiger partial charge < -0.3 is 9.84 Å². The van der Waals surface area contributed by atoms with Crippen LogP contribution in [0.1, 0.15) is 34.1 Å². The number of rotatable bonds is 7. The second kappa shape index (κ2) is 9.85. The molecule has 35 heavy (non-hydrogen) atoms. The molecule has 0 unspecified atom stereocenters. The van der Waals surface area contributed by atoms with Crippen molar-refractivity contribution >= 4 is 16.7 Å². The Hall–Kier alpha value is -4.38. The second-order valence-electron chi connectivity index (χ2n) is 8.70. The Bertz CT molecular complexity index is 1450. The highest BCUT2D eigenvalue weighted by Crippen LogP contribution is 2.36. The van der Waals surface area contributed by atoms with E-state index in [1.165, 1.54) is 0 Å². The van der Waals surface area contributed by atoms with Crippen LogP contribution in [0.15, 0.2) is 97.1 Å². The van der Waals surface area contributed by atoms with Gasteiger partial charge in [-0.3, -0.25) is 5.32 Å². The van der Waals surface area contributed by atoms with E-state index in [-0.39, 0.29) is 11.8 Å². The third-order valence-electron chi connectivity index (χ3n) is 6.02. The number of hydrogen-bond acceptors (Lipinski definition) is 4. The lowest BCUT2D eigenvalue weighted by molar-refractivity contribution is -0.371. The first-order valence-corrected chi connectivity index (χ1v) is 11.7. The number of phenols is 1. The van der Waals surface area contributed by atoms with Crippen LogP contribution in [0.5, 0.6) is 11.5 Å². The Morgan fingerprint density at radius 1 is 0.857 bits per heavy atom. The van der Waals surface area contributed by atoms with Crippen molar-refractivity contribution in [3.63, 3.8) is 0 Å². The molecule has 5 aromatic rings. The molecule has 0 saturated heterocycles. The second-order valence-corrected chi connectivity index (χ2v) is 8.70. The van der Waals surface area contributed by atoms with Gasteiger partial charge in [-0.25, -0.2) is 9.97 Å². The van der Waals surface area contributed by atoms with Gasteiger partial charge in [0.25, 0.3) is 5.82 Å². The quantitative estimate of drug-likeness (QED) is 0.304. The summed E-state index contributed by atoms with van der Waals surface area (Å²) in [6.07, 6.45) is 0. The number of hydrogen-bond donors (Lipinski definition) is 2. The number of nitrogens with one attached hydrogen (secondary N) is 2. The Morgan fingerprint density at radius 3 is 2.40 bits per heavy atom. The van der Waals surface area contributed by atoms with Gasteiger partial charge in [-0.15, -0.1) is 0 Å². The molecule has 2 aromatic heterocycles. The van der Waals surface area contributed by atoms with E-state index >= 15 is 0 Å². The van der Waals surface area contributed by atoms with Crippen LogP contribution in [0.4, 0.5) is 5.82 Å². The van der Waals surface area contributed by atoms with Crippen molar-refractivity contribution in [1.82, 2.24) is 4.98 Å². The first kappa shape index (κ1) is 22.4. The van der Waals surface area contributed by atoms with Gasteiger partial charge in [0.1, 0.15) is 29.7 Å². The van der Waals surface area contributed by atoms with Crippen molar-refractivity contribution in [3.8, 4) is 11.5 Å². The molecule has 0 aliphatic rings. The number of pyridine rings is 2. The van der Waals surface area contributed by atoms with E-state index < -0.39 is 0 Å². The minimum atomic E-state index is -0.303. The molecule has 174 valence electrons. The van der Waals surface area contributed by atoms with E-state index in [2.05, 4.69) is 15.3 Å². The Morgan fingerprint density at radius 2 is 1.63 bits per heavy atom. The number of H-pyrrole nitrogens is 1. The monoisotopic (exact) mass is 462 g/mol. The van der Waals surface area contributed by atoms with Crippen molar-refractivity contribution in [2.75, 3.05) is 5.32 Å². The number of aromatic nitrogens is 2. The van der Waals surface area contributed by atoms with Crippen molar-refractivity contribution in [2.45, 2.75) is 26.5 Å². The molecule has 0 saturated carbocycles. The third kappa shape index (κ3) is 5.09. The number of anilines is 1. The van der Waals surface area contributed by atoms with E-state index in [9.17, 15) is 5.11 Å². The van der Waals surface area contributed by atoms with Crippen molar-refractivity contribution < 1.29 is 14.8 Å². The fourth-order valence-electron chi connectivity index (χ4n) is 4.18. The zero-order valence-electron chi connectivity index (χ0n) is 19.8. The fraction of sp³-hybridized carbons (Fsp3) is 0.133. The molecule has 5 nitrogen and oxygen atoms in total. The molecule has 0 aliphatic carbocycles. The molecule has 3 N–H and O–H groups in total. The third-order valence-corrected chi connectivity index (χ3v) is 6.02. The lowest BCUT2D eigenvalue weighted by atomic mass is 9.96. The van der Waals surface area contributed by atoms with Gasteiger partial charge in [0, 0.05) is 28.3 Å². The van der Waals surface area contributed by atoms with E-state index in [1.54, 1.807) is 0 Å². The summed E-state index contributed by atoms with van der Waals surface area (Å²) in [5.41, 5.74) is 5.37. The molecule has 0 aliphatic heterocycles. The SMILES string of the molecule is Cc1ccc2ccc([C@@H](Nc3cccc(C)[nH+]3)c3ccc(OCc4ccccc4)cc3)c(O)c2n1. The zero-order chi connectivity index (χ0) is 24.2. The Balaban J connectivity index is 1.49. The van der Waals surface area contributed by atoms with Crippen LogP contribution in [0.25, 0.3) is 10.9 Å². The van der Waals surface area contributed by atoms with E-state index in [0.29, 0.717) is 12.1 Å². The summed E-state index contributed by atoms with van der Waals surface area (Å²) in [6.45, 7) is 4.45. The summed E-state index contributed by atoms with van der Waals surface area (Å²) in [7, 11) is 0. The van der Waals surface area contributed by atoms with Crippen LogP contribution in [-0.2, 0) is 6.61 Å². The van der Waals surface area contributed by atoms with Gasteiger partial charge in [0.05, 0.1) is 5.69 Å². The van der Waals surface area contributed by atoms with E-state index in [0.717, 1.165) is 45.0 Å². The van der Waals surface area contributed by atoms with Crippen LogP contribution < -0.4 is 15.0 Å². The van der Waals surface area contributed by atoms with Crippen molar-refractivity contribution in [1.29, 1.82) is 0 Å². The summed E-state index contributed by atoms with van der Waals surface area (Å²) in [6, 6.07) is 31.7. The Labute approximate surface area is 205 Å². The standard InChI is InChI=1S/C30H27N3O2/c1-20-7-6-10-27(31-20)33-28(26-18-15-24-12-11-21(2)32-29(24)30(26)34)23-13-16-25(17-14-23)35-19-22-8-4-3-5-9-22/h3-18,28,34H,19H2,1-2H3,(H,31,33)/p+1/t28-/m0/s1. The summed E-state index contributed by atoms with van der Waals surface area (Å²) in [4.78, 5) is 7.95. The van der Waals surface area contributed by atoms with Gasteiger partial charge in [-0.2, -0.15) is 0 Å². The molecule has 5 heteroatoms. The van der Waals surface area contributed by atoms with Crippen LogP contribution >= 0.6 is 0 Å². The molecule has 0 amide bonds. The number of benzene rings is 3. The number of aromatic amines is 1. The Kier molecular flexibility index (Phi) is 6.31. The highest BCUT2D eigenvalue weighted by atomic mass is 16.5. The van der Waals surface area contributed by atoms with Crippen molar-refractivity contribution in [3.05, 3.63) is 125 Å². The number of aryl methyl sites for hydroxylation is 2. The minimum absolute atomic E-state index is 0.181. The normalized spacial score (nSPS) is 11.8. The number of phenolic OH excluding ortho intramolecular Hbond substituents is 1. The van der Waals surface area contributed by atoms with Gasteiger partial charge >= 0.3 is 0 Å². The van der Waals surface area contributed by atoms with Gasteiger partial charge in [0.15, 0.2) is 0 Å². The van der Waals surface area contributed by atoms with Crippen LogP contribution in [0.3, 0.4) is 0 Å². The number of nitrogens with zero attached hydrogens (tertiary/aromatic N) is 1. The maximum Gasteiger partial charge on any atom is 0.273 e. The lowest BCUT2D eigenvalue weighted by Gasteiger charge is -2.18. The number of aromatic hydroxyl groups is 1. The zero-order valence-corrected chi connectivity index (χ0v) is 19.8. The molecular weight excluding hydrogens is 434 g/mol. The average Bonchev–Trinajstić information content (AvgIpc) is 2.88. The molecule has 1 atom stereocenters. The molecule has 0 spiro atoms. The van der Waals surface area contributed by atoms with Crippen LogP contribution in [-0.4, -0.2) is 10.1 Å². The fourth-order valence-corrected chi connectivity index (χ4v) is 4.18. The van der Waals surface area contributed by atoms with Crippen LogP contribution in [0, 0.1) is 13.8 Å².